The number of nitrogens with zero attached hydrogens (tertiary/aromatic N) is 4. The summed E-state index contributed by atoms with van der Waals surface area (Å²) in [4.78, 5) is 33.6. The van der Waals surface area contributed by atoms with Gasteiger partial charge < -0.3 is 24.2 Å². The topological polar surface area (TPSA) is 118 Å². The molecule has 2 aliphatic heterocycles. The number of amides is 2. The van der Waals surface area contributed by atoms with E-state index in [1.165, 1.54) is 17.1 Å². The normalized spacial score (nSPS) is 22.6. The lowest BCUT2D eigenvalue weighted by molar-refractivity contribution is 0.102. The molecule has 0 aromatic carbocycles. The number of carbonyl (C=O) groups is 2. The van der Waals surface area contributed by atoms with E-state index in [9.17, 15) is 18.0 Å². The highest BCUT2D eigenvalue weighted by Gasteiger charge is 2.39. The lowest BCUT2D eigenvalue weighted by atomic mass is 10.1. The van der Waals surface area contributed by atoms with E-state index in [1.54, 1.807) is 0 Å². The van der Waals surface area contributed by atoms with Gasteiger partial charge in [-0.05, 0) is 12.8 Å². The minimum absolute atomic E-state index is 0.0558. The van der Waals surface area contributed by atoms with E-state index in [-0.39, 0.29) is 25.8 Å². The zero-order valence-corrected chi connectivity index (χ0v) is 18.8. The van der Waals surface area contributed by atoms with E-state index in [0.717, 1.165) is 6.26 Å². The first-order valence-corrected chi connectivity index (χ1v) is 11.7. The number of rotatable bonds is 9. The predicted molar refractivity (Wildman–Crippen MR) is 114 cm³/mol. The molecule has 2 rings (SSSR count). The van der Waals surface area contributed by atoms with Crippen molar-refractivity contribution < 1.29 is 31.7 Å². The highest BCUT2D eigenvalue weighted by atomic mass is 32.2. The summed E-state index contributed by atoms with van der Waals surface area (Å²) in [5, 5.41) is 0. The second-order valence-electron chi connectivity index (χ2n) is 7.30. The fraction of sp³-hybridized carbons (Fsp3) is 0.632. The summed E-state index contributed by atoms with van der Waals surface area (Å²) in [7, 11) is -1.83. The Morgan fingerprint density at radius 2 is 1.87 bits per heavy atom. The number of guanidine groups is 1. The first-order chi connectivity index (χ1) is 14.6. The third-order valence-corrected chi connectivity index (χ3v) is 5.45. The third kappa shape index (κ3) is 7.55. The number of aliphatic imine (C=N–C) groups is 1. The first-order valence-electron chi connectivity index (χ1n) is 9.89. The summed E-state index contributed by atoms with van der Waals surface area (Å²) < 4.78 is 38.2. The summed E-state index contributed by atoms with van der Waals surface area (Å²) in [6.07, 6.45) is 2.88. The Balaban J connectivity index is 2.05. The van der Waals surface area contributed by atoms with Gasteiger partial charge in [-0.1, -0.05) is 25.3 Å². The summed E-state index contributed by atoms with van der Waals surface area (Å²) >= 11 is 0. The molecule has 0 N–H and O–H groups in total. The maximum Gasteiger partial charge on any atom is 0.437 e. The average molecular weight is 459 g/mol. The zero-order chi connectivity index (χ0) is 23.0. The average Bonchev–Trinajstić information content (AvgIpc) is 3.25. The Morgan fingerprint density at radius 3 is 2.52 bits per heavy atom. The van der Waals surface area contributed by atoms with Gasteiger partial charge >= 0.3 is 12.2 Å². The Hall–Kier alpha value is -2.60. The minimum atomic E-state index is -3.65. The Kier molecular flexibility index (Phi) is 8.87. The molecule has 0 spiro atoms. The van der Waals surface area contributed by atoms with Gasteiger partial charge in [0, 0.05) is 32.7 Å². The zero-order valence-electron chi connectivity index (χ0n) is 17.9. The standard InChI is InChI=1S/C19H30N4O7S/c1-5-11-28-18(24)20-17-21(3)9-10-22(17)8-7-15-13-16(30-31(4,26)27)14-23(15)19(25)29-12-6-2/h5-6,15-16H,1-2,7-14H2,3-4H3/t15-,16-/m1/s1. The van der Waals surface area contributed by atoms with Crippen molar-refractivity contribution in [1.82, 2.24) is 14.7 Å². The highest BCUT2D eigenvalue weighted by Crippen LogP contribution is 2.25. The number of likely N-dealkylation sites (tertiary alicyclic amines) is 1. The smallest absolute Gasteiger partial charge is 0.437 e. The molecule has 2 fully saturated rings. The lowest BCUT2D eigenvalue weighted by Crippen LogP contribution is -2.40. The molecule has 12 heteroatoms. The molecule has 2 heterocycles. The highest BCUT2D eigenvalue weighted by molar-refractivity contribution is 7.86. The lowest BCUT2D eigenvalue weighted by Gasteiger charge is -2.26. The van der Waals surface area contributed by atoms with Crippen molar-refractivity contribution in [2.75, 3.05) is 52.7 Å². The largest absolute Gasteiger partial charge is 0.445 e. The second kappa shape index (κ2) is 11.1. The van der Waals surface area contributed by atoms with Crippen molar-refractivity contribution in [1.29, 1.82) is 0 Å². The molecule has 0 aliphatic carbocycles. The van der Waals surface area contributed by atoms with E-state index in [1.807, 2.05) is 16.8 Å². The Labute approximate surface area is 183 Å². The van der Waals surface area contributed by atoms with Crippen LogP contribution in [0.25, 0.3) is 0 Å². The van der Waals surface area contributed by atoms with Crippen LogP contribution in [0.3, 0.4) is 0 Å². The van der Waals surface area contributed by atoms with E-state index in [4.69, 9.17) is 13.7 Å². The SMILES string of the molecule is C=CCOC(=O)N=C1N(C)CCN1CC[C@@H]1C[C@@H](OS(C)(=O)=O)CN1C(=O)OCC=C. The maximum absolute atomic E-state index is 12.4. The molecular weight excluding hydrogens is 428 g/mol. The van der Waals surface area contributed by atoms with Gasteiger partial charge in [0.2, 0.25) is 5.96 Å². The van der Waals surface area contributed by atoms with Crippen molar-refractivity contribution in [3.8, 4) is 0 Å². The van der Waals surface area contributed by atoms with Gasteiger partial charge in [-0.25, -0.2) is 9.59 Å². The Morgan fingerprint density at radius 1 is 1.19 bits per heavy atom. The molecule has 0 unspecified atom stereocenters. The summed E-state index contributed by atoms with van der Waals surface area (Å²) in [5.74, 6) is 0.483. The van der Waals surface area contributed by atoms with E-state index >= 15 is 0 Å². The molecule has 0 saturated carbocycles. The van der Waals surface area contributed by atoms with Crippen LogP contribution in [0.5, 0.6) is 0 Å². The number of hydrogen-bond acceptors (Lipinski definition) is 7. The van der Waals surface area contributed by atoms with Gasteiger partial charge in [-0.2, -0.15) is 8.42 Å². The molecular formula is C19H30N4O7S. The van der Waals surface area contributed by atoms with Crippen LogP contribution >= 0.6 is 0 Å². The van der Waals surface area contributed by atoms with Crippen molar-refractivity contribution in [2.24, 2.45) is 4.99 Å². The molecule has 11 nitrogen and oxygen atoms in total. The molecule has 174 valence electrons. The molecule has 0 radical (unpaired) electrons. The number of likely N-dealkylation sites (N-methyl/N-ethyl adjacent to an activating group) is 1. The molecule has 2 saturated heterocycles. The first kappa shape index (κ1) is 24.7. The molecule has 2 atom stereocenters. The minimum Gasteiger partial charge on any atom is -0.445 e. The van der Waals surface area contributed by atoms with Gasteiger partial charge in [0.25, 0.3) is 10.1 Å². The predicted octanol–water partition coefficient (Wildman–Crippen LogP) is 1.04. The summed E-state index contributed by atoms with van der Waals surface area (Å²) in [6, 6.07) is -0.288. The van der Waals surface area contributed by atoms with Crippen LogP contribution in [0.15, 0.2) is 30.3 Å². The van der Waals surface area contributed by atoms with Crippen molar-refractivity contribution in [3.63, 3.8) is 0 Å². The van der Waals surface area contributed by atoms with Crippen molar-refractivity contribution in [3.05, 3.63) is 25.3 Å². The van der Waals surface area contributed by atoms with Gasteiger partial charge in [0.15, 0.2) is 0 Å². The summed E-state index contributed by atoms with van der Waals surface area (Å²) in [6.45, 7) is 9.09. The molecule has 2 amide bonds. The maximum atomic E-state index is 12.4. The van der Waals surface area contributed by atoms with Gasteiger partial charge in [0.1, 0.15) is 13.2 Å². The van der Waals surface area contributed by atoms with Gasteiger partial charge in [-0.3, -0.25) is 4.18 Å². The van der Waals surface area contributed by atoms with Crippen LogP contribution in [0.4, 0.5) is 9.59 Å². The van der Waals surface area contributed by atoms with E-state index in [0.29, 0.717) is 38.4 Å². The quantitative estimate of drug-likeness (QED) is 0.369. The summed E-state index contributed by atoms with van der Waals surface area (Å²) in [5.41, 5.74) is 0. The fourth-order valence-corrected chi connectivity index (χ4v) is 4.16. The fourth-order valence-electron chi connectivity index (χ4n) is 3.53. The molecule has 0 aromatic rings. The molecule has 0 bridgehead atoms. The monoisotopic (exact) mass is 458 g/mol. The van der Waals surface area contributed by atoms with E-state index < -0.39 is 28.4 Å². The van der Waals surface area contributed by atoms with E-state index in [2.05, 4.69) is 18.2 Å². The molecule has 2 aliphatic rings. The van der Waals surface area contributed by atoms with Crippen LogP contribution < -0.4 is 0 Å². The number of ether oxygens (including phenoxy) is 2. The van der Waals surface area contributed by atoms with Gasteiger partial charge in [0.05, 0.1) is 18.9 Å². The number of carbonyl (C=O) groups excluding carboxylic acids is 2. The van der Waals surface area contributed by atoms with Gasteiger partial charge in [-0.15, -0.1) is 4.99 Å². The van der Waals surface area contributed by atoms with Crippen LogP contribution in [-0.4, -0.2) is 106 Å². The Bertz CT molecular complexity index is 814. The van der Waals surface area contributed by atoms with Crippen LogP contribution in [0.2, 0.25) is 0 Å². The third-order valence-electron chi connectivity index (χ3n) is 4.82. The van der Waals surface area contributed by atoms with Crippen LogP contribution in [0.1, 0.15) is 12.8 Å². The second-order valence-corrected chi connectivity index (χ2v) is 8.91. The molecule has 0 aromatic heterocycles. The van der Waals surface area contributed by atoms with Crippen molar-refractivity contribution >= 4 is 28.3 Å². The number of hydrogen-bond donors (Lipinski definition) is 0. The van der Waals surface area contributed by atoms with Crippen LogP contribution in [-0.2, 0) is 23.8 Å². The van der Waals surface area contributed by atoms with Crippen LogP contribution in [0, 0.1) is 0 Å². The van der Waals surface area contributed by atoms with Crippen molar-refractivity contribution in [2.45, 2.75) is 25.0 Å². The molecule has 31 heavy (non-hydrogen) atoms.